The van der Waals surface area contributed by atoms with Crippen molar-refractivity contribution in [3.8, 4) is 11.6 Å². The number of aromatic nitrogens is 4. The summed E-state index contributed by atoms with van der Waals surface area (Å²) in [6.45, 7) is 4.61. The van der Waals surface area contributed by atoms with Crippen LogP contribution in [-0.2, 0) is 17.8 Å². The van der Waals surface area contributed by atoms with Gasteiger partial charge in [-0.25, -0.2) is 0 Å². The van der Waals surface area contributed by atoms with E-state index in [0.717, 1.165) is 11.4 Å². The Morgan fingerprint density at radius 3 is 2.92 bits per heavy atom. The molecule has 7 nitrogen and oxygen atoms in total. The average molecular weight is 360 g/mol. The number of nitrogens with zero attached hydrogens (tertiary/aromatic N) is 4. The van der Waals surface area contributed by atoms with Crippen LogP contribution in [0.4, 0.5) is 5.69 Å². The molecule has 0 spiro atoms. The summed E-state index contributed by atoms with van der Waals surface area (Å²) in [7, 11) is 0. The number of benzene rings is 1. The van der Waals surface area contributed by atoms with Crippen LogP contribution < -0.4 is 5.32 Å². The van der Waals surface area contributed by atoms with E-state index in [1.54, 1.807) is 28.9 Å². The summed E-state index contributed by atoms with van der Waals surface area (Å²) < 4.78 is 7.47. The highest BCUT2D eigenvalue weighted by Gasteiger charge is 2.15. The molecule has 0 saturated carbocycles. The van der Waals surface area contributed by atoms with E-state index in [4.69, 9.17) is 16.0 Å². The Bertz CT molecular complexity index is 887. The van der Waals surface area contributed by atoms with Crippen LogP contribution in [0.15, 0.2) is 34.7 Å². The molecule has 0 aliphatic carbocycles. The standard InChI is InChI=1S/C17H18ClN5O2/c1-3-23-14(9-11(2)22-23)17-21-20-16(25-17)8-7-15(24)19-13-6-4-5-12(18)10-13/h4-6,9-10H,3,7-8H2,1-2H3,(H,19,24). The number of carbonyl (C=O) groups is 1. The molecule has 3 rings (SSSR count). The molecule has 0 unspecified atom stereocenters. The molecule has 1 N–H and O–H groups in total. The molecule has 0 saturated heterocycles. The van der Waals surface area contributed by atoms with Crippen molar-refractivity contribution in [2.45, 2.75) is 33.2 Å². The number of hydrogen-bond acceptors (Lipinski definition) is 5. The van der Waals surface area contributed by atoms with Crippen molar-refractivity contribution in [1.82, 2.24) is 20.0 Å². The highest BCUT2D eigenvalue weighted by molar-refractivity contribution is 6.30. The first kappa shape index (κ1) is 17.2. The lowest BCUT2D eigenvalue weighted by molar-refractivity contribution is -0.116. The molecular weight excluding hydrogens is 342 g/mol. The lowest BCUT2D eigenvalue weighted by Crippen LogP contribution is -2.12. The Labute approximate surface area is 150 Å². The fourth-order valence-corrected chi connectivity index (χ4v) is 2.62. The van der Waals surface area contributed by atoms with Gasteiger partial charge in [-0.05, 0) is 38.1 Å². The second-order valence-corrected chi connectivity index (χ2v) is 5.98. The maximum Gasteiger partial charge on any atom is 0.265 e. The molecule has 1 aromatic carbocycles. The van der Waals surface area contributed by atoms with Gasteiger partial charge in [0.05, 0.1) is 5.69 Å². The molecule has 0 fully saturated rings. The topological polar surface area (TPSA) is 85.8 Å². The first-order valence-electron chi connectivity index (χ1n) is 7.97. The zero-order chi connectivity index (χ0) is 17.8. The molecule has 2 heterocycles. The van der Waals surface area contributed by atoms with E-state index < -0.39 is 0 Å². The predicted molar refractivity (Wildman–Crippen MR) is 94.3 cm³/mol. The second kappa shape index (κ2) is 7.48. The van der Waals surface area contributed by atoms with E-state index in [2.05, 4.69) is 20.6 Å². The number of carbonyl (C=O) groups excluding carboxylic acids is 1. The summed E-state index contributed by atoms with van der Waals surface area (Å²) in [5.74, 6) is 0.682. The largest absolute Gasteiger partial charge is 0.419 e. The van der Waals surface area contributed by atoms with E-state index >= 15 is 0 Å². The quantitative estimate of drug-likeness (QED) is 0.728. The molecule has 2 aromatic heterocycles. The van der Waals surface area contributed by atoms with Crippen LogP contribution in [0.3, 0.4) is 0 Å². The Morgan fingerprint density at radius 2 is 2.16 bits per heavy atom. The molecule has 0 aliphatic heterocycles. The highest BCUT2D eigenvalue weighted by Crippen LogP contribution is 2.20. The number of hydrogen-bond donors (Lipinski definition) is 1. The smallest absolute Gasteiger partial charge is 0.265 e. The highest BCUT2D eigenvalue weighted by atomic mass is 35.5. The van der Waals surface area contributed by atoms with Crippen LogP contribution in [0.2, 0.25) is 5.02 Å². The third-order valence-electron chi connectivity index (χ3n) is 3.56. The van der Waals surface area contributed by atoms with Crippen molar-refractivity contribution in [3.05, 3.63) is 46.9 Å². The third-order valence-corrected chi connectivity index (χ3v) is 3.80. The van der Waals surface area contributed by atoms with Gasteiger partial charge >= 0.3 is 0 Å². The first-order chi connectivity index (χ1) is 12.0. The summed E-state index contributed by atoms with van der Waals surface area (Å²) in [6, 6.07) is 8.90. The van der Waals surface area contributed by atoms with Gasteiger partial charge in [0.15, 0.2) is 0 Å². The minimum atomic E-state index is -0.142. The summed E-state index contributed by atoms with van der Waals surface area (Å²) >= 11 is 5.90. The molecule has 25 heavy (non-hydrogen) atoms. The lowest BCUT2D eigenvalue weighted by Gasteiger charge is -2.04. The van der Waals surface area contributed by atoms with E-state index in [-0.39, 0.29) is 12.3 Å². The Morgan fingerprint density at radius 1 is 1.32 bits per heavy atom. The van der Waals surface area contributed by atoms with Gasteiger partial charge in [0.1, 0.15) is 5.69 Å². The maximum absolute atomic E-state index is 12.0. The number of amides is 1. The summed E-state index contributed by atoms with van der Waals surface area (Å²) in [4.78, 5) is 12.0. The third kappa shape index (κ3) is 4.24. The summed E-state index contributed by atoms with van der Waals surface area (Å²) in [5, 5.41) is 15.8. The van der Waals surface area contributed by atoms with Crippen molar-refractivity contribution in [1.29, 1.82) is 0 Å². The number of rotatable bonds is 6. The average Bonchev–Trinajstić information content (AvgIpc) is 3.19. The maximum atomic E-state index is 12.0. The molecule has 3 aromatic rings. The minimum Gasteiger partial charge on any atom is -0.419 e. The van der Waals surface area contributed by atoms with Crippen LogP contribution in [0, 0.1) is 6.92 Å². The molecule has 1 amide bonds. The normalized spacial score (nSPS) is 10.8. The Balaban J connectivity index is 1.61. The van der Waals surface area contributed by atoms with Crippen LogP contribution >= 0.6 is 11.6 Å². The first-order valence-corrected chi connectivity index (χ1v) is 8.35. The SMILES string of the molecule is CCn1nc(C)cc1-c1nnc(CCC(=O)Nc2cccc(Cl)c2)o1. The molecular formula is C17H18ClN5O2. The molecule has 130 valence electrons. The molecule has 0 aliphatic rings. The molecule has 8 heteroatoms. The van der Waals surface area contributed by atoms with E-state index in [9.17, 15) is 4.79 Å². The Hall–Kier alpha value is -2.67. The predicted octanol–water partition coefficient (Wildman–Crippen LogP) is 3.49. The molecule has 0 atom stereocenters. The molecule has 0 bridgehead atoms. The van der Waals surface area contributed by atoms with Crippen LogP contribution in [0.5, 0.6) is 0 Å². The number of anilines is 1. The Kier molecular flexibility index (Phi) is 5.14. The van der Waals surface area contributed by atoms with Gasteiger partial charge in [0, 0.05) is 30.1 Å². The van der Waals surface area contributed by atoms with Crippen LogP contribution in [-0.4, -0.2) is 25.9 Å². The second-order valence-electron chi connectivity index (χ2n) is 5.55. The van der Waals surface area contributed by atoms with E-state index in [1.165, 1.54) is 0 Å². The van der Waals surface area contributed by atoms with Gasteiger partial charge in [-0.2, -0.15) is 5.10 Å². The van der Waals surface area contributed by atoms with Crippen molar-refractivity contribution in [2.24, 2.45) is 0 Å². The van der Waals surface area contributed by atoms with Gasteiger partial charge in [-0.1, -0.05) is 17.7 Å². The van der Waals surface area contributed by atoms with Gasteiger partial charge in [-0.3, -0.25) is 9.48 Å². The summed E-state index contributed by atoms with van der Waals surface area (Å²) in [5.41, 5.74) is 2.32. The van der Waals surface area contributed by atoms with Gasteiger partial charge in [-0.15, -0.1) is 10.2 Å². The fourth-order valence-electron chi connectivity index (χ4n) is 2.43. The van der Waals surface area contributed by atoms with Crippen molar-refractivity contribution >= 4 is 23.2 Å². The lowest BCUT2D eigenvalue weighted by atomic mass is 10.2. The van der Waals surface area contributed by atoms with Crippen molar-refractivity contribution < 1.29 is 9.21 Å². The zero-order valence-electron chi connectivity index (χ0n) is 14.0. The van der Waals surface area contributed by atoms with Gasteiger partial charge < -0.3 is 9.73 Å². The van der Waals surface area contributed by atoms with E-state index in [1.807, 2.05) is 19.9 Å². The van der Waals surface area contributed by atoms with Crippen LogP contribution in [0.25, 0.3) is 11.6 Å². The van der Waals surface area contributed by atoms with Crippen LogP contribution in [0.1, 0.15) is 24.9 Å². The summed E-state index contributed by atoms with van der Waals surface area (Å²) in [6.07, 6.45) is 0.596. The van der Waals surface area contributed by atoms with Crippen molar-refractivity contribution in [3.63, 3.8) is 0 Å². The van der Waals surface area contributed by atoms with E-state index in [0.29, 0.717) is 35.5 Å². The van der Waals surface area contributed by atoms with Gasteiger partial charge in [0.2, 0.25) is 11.8 Å². The number of aryl methyl sites for hydroxylation is 3. The van der Waals surface area contributed by atoms with Gasteiger partial charge in [0.25, 0.3) is 5.89 Å². The molecule has 0 radical (unpaired) electrons. The number of nitrogens with one attached hydrogen (secondary N) is 1. The van der Waals surface area contributed by atoms with Crippen molar-refractivity contribution in [2.75, 3.05) is 5.32 Å². The zero-order valence-corrected chi connectivity index (χ0v) is 14.7. The monoisotopic (exact) mass is 359 g/mol. The number of halogens is 1. The minimum absolute atomic E-state index is 0.142. The fraction of sp³-hybridized carbons (Fsp3) is 0.294.